The third-order valence-electron chi connectivity index (χ3n) is 6.15. The van der Waals surface area contributed by atoms with Crippen LogP contribution in [-0.4, -0.2) is 33.4 Å². The zero-order valence-corrected chi connectivity index (χ0v) is 19.0. The molecule has 0 atom stereocenters. The Morgan fingerprint density at radius 2 is 1.83 bits per heavy atom. The summed E-state index contributed by atoms with van der Waals surface area (Å²) in [6.07, 6.45) is 2.21. The van der Waals surface area contributed by atoms with E-state index >= 15 is 0 Å². The van der Waals surface area contributed by atoms with E-state index < -0.39 is 0 Å². The first kappa shape index (κ1) is 20.8. The van der Waals surface area contributed by atoms with Gasteiger partial charge >= 0.3 is 0 Å². The largest absolute Gasteiger partial charge is 0.342 e. The number of carbonyl (C=O) groups excluding carboxylic acids is 1. The first-order chi connectivity index (χ1) is 14.4. The van der Waals surface area contributed by atoms with Crippen molar-refractivity contribution in [3.05, 3.63) is 62.5 Å². The summed E-state index contributed by atoms with van der Waals surface area (Å²) in [5, 5.41) is 0.759. The normalized spacial score (nSPS) is 15.3. The van der Waals surface area contributed by atoms with E-state index in [4.69, 9.17) is 4.98 Å². The number of benzene rings is 1. The standard InChI is InChI=1S/C24H29N3O2S/c1-15(2)23(28)26-12-10-19(11-13-26)27-20(14-18-8-6-5-7-9-18)25-22-21(24(27)29)16(3)17(4)30-22/h5-9,15,19H,10-14H2,1-4H3. The Bertz CT molecular complexity index is 1120. The van der Waals surface area contributed by atoms with E-state index in [1.54, 1.807) is 11.3 Å². The van der Waals surface area contributed by atoms with Gasteiger partial charge in [0.25, 0.3) is 5.56 Å². The van der Waals surface area contributed by atoms with Gasteiger partial charge in [-0.1, -0.05) is 44.2 Å². The molecule has 1 aliphatic rings. The van der Waals surface area contributed by atoms with Crippen LogP contribution in [0.2, 0.25) is 0 Å². The van der Waals surface area contributed by atoms with Crippen molar-refractivity contribution in [2.45, 2.75) is 53.0 Å². The lowest BCUT2D eigenvalue weighted by Crippen LogP contribution is -2.43. The van der Waals surface area contributed by atoms with Crippen molar-refractivity contribution in [1.82, 2.24) is 14.5 Å². The molecule has 0 spiro atoms. The summed E-state index contributed by atoms with van der Waals surface area (Å²) in [6.45, 7) is 9.34. The second-order valence-electron chi connectivity index (χ2n) is 8.54. The van der Waals surface area contributed by atoms with E-state index in [1.165, 1.54) is 0 Å². The van der Waals surface area contributed by atoms with Crippen molar-refractivity contribution in [3.8, 4) is 0 Å². The molecule has 0 aliphatic carbocycles. The van der Waals surface area contributed by atoms with Crippen LogP contribution < -0.4 is 5.56 Å². The number of aromatic nitrogens is 2. The molecule has 30 heavy (non-hydrogen) atoms. The minimum Gasteiger partial charge on any atom is -0.342 e. The van der Waals surface area contributed by atoms with Gasteiger partial charge in [-0.2, -0.15) is 0 Å². The number of aryl methyl sites for hydroxylation is 2. The van der Waals surface area contributed by atoms with Crippen molar-refractivity contribution in [2.24, 2.45) is 5.92 Å². The Morgan fingerprint density at radius 3 is 2.47 bits per heavy atom. The summed E-state index contributed by atoms with van der Waals surface area (Å²) in [7, 11) is 0. The van der Waals surface area contributed by atoms with E-state index in [0.717, 1.165) is 44.9 Å². The second-order valence-corrected chi connectivity index (χ2v) is 9.74. The molecule has 4 rings (SSSR count). The van der Waals surface area contributed by atoms with Crippen molar-refractivity contribution >= 4 is 27.5 Å². The monoisotopic (exact) mass is 423 g/mol. The van der Waals surface area contributed by atoms with Crippen LogP contribution >= 0.6 is 11.3 Å². The summed E-state index contributed by atoms with van der Waals surface area (Å²) in [6, 6.07) is 10.3. The molecule has 0 unspecified atom stereocenters. The van der Waals surface area contributed by atoms with Gasteiger partial charge in [-0.25, -0.2) is 4.98 Å². The number of thiophene rings is 1. The van der Waals surface area contributed by atoms with Crippen molar-refractivity contribution < 1.29 is 4.79 Å². The highest BCUT2D eigenvalue weighted by Gasteiger charge is 2.28. The van der Waals surface area contributed by atoms with E-state index in [-0.39, 0.29) is 23.4 Å². The van der Waals surface area contributed by atoms with Crippen LogP contribution in [0.4, 0.5) is 0 Å². The fraction of sp³-hybridized carbons (Fsp3) is 0.458. The zero-order chi connectivity index (χ0) is 21.4. The molecule has 1 saturated heterocycles. The highest BCUT2D eigenvalue weighted by molar-refractivity contribution is 7.18. The lowest BCUT2D eigenvalue weighted by atomic mass is 10.0. The molecule has 6 heteroatoms. The number of rotatable bonds is 4. The predicted molar refractivity (Wildman–Crippen MR) is 122 cm³/mol. The Kier molecular flexibility index (Phi) is 5.78. The Labute approximate surface area is 181 Å². The van der Waals surface area contributed by atoms with Crippen LogP contribution in [0.5, 0.6) is 0 Å². The SMILES string of the molecule is Cc1sc2nc(Cc3ccccc3)n(C3CCN(C(=O)C(C)C)CC3)c(=O)c2c1C. The first-order valence-corrected chi connectivity index (χ1v) is 11.5. The number of fused-ring (bicyclic) bond motifs is 1. The maximum Gasteiger partial charge on any atom is 0.262 e. The fourth-order valence-electron chi connectivity index (χ4n) is 4.34. The van der Waals surface area contributed by atoms with Crippen molar-refractivity contribution in [3.63, 3.8) is 0 Å². The maximum absolute atomic E-state index is 13.6. The van der Waals surface area contributed by atoms with E-state index in [0.29, 0.717) is 19.5 Å². The van der Waals surface area contributed by atoms with Gasteiger partial charge in [0, 0.05) is 36.3 Å². The number of nitrogens with zero attached hydrogens (tertiary/aromatic N) is 3. The van der Waals surface area contributed by atoms with Gasteiger partial charge in [0.15, 0.2) is 0 Å². The van der Waals surface area contributed by atoms with Crippen molar-refractivity contribution in [1.29, 1.82) is 0 Å². The van der Waals surface area contributed by atoms with Gasteiger partial charge in [-0.05, 0) is 37.8 Å². The summed E-state index contributed by atoms with van der Waals surface area (Å²) < 4.78 is 1.94. The highest BCUT2D eigenvalue weighted by atomic mass is 32.1. The van der Waals surface area contributed by atoms with E-state index in [9.17, 15) is 9.59 Å². The minimum absolute atomic E-state index is 0.00682. The average molecular weight is 424 g/mol. The molecule has 5 nitrogen and oxygen atoms in total. The zero-order valence-electron chi connectivity index (χ0n) is 18.1. The van der Waals surface area contributed by atoms with Gasteiger partial charge in [-0.15, -0.1) is 11.3 Å². The molecule has 0 N–H and O–H groups in total. The van der Waals surface area contributed by atoms with Crippen LogP contribution in [0.15, 0.2) is 35.1 Å². The quantitative estimate of drug-likeness (QED) is 0.621. The Hall–Kier alpha value is -2.47. The predicted octanol–water partition coefficient (Wildman–Crippen LogP) is 4.49. The molecule has 1 fully saturated rings. The number of carbonyl (C=O) groups is 1. The maximum atomic E-state index is 13.6. The summed E-state index contributed by atoms with van der Waals surface area (Å²) >= 11 is 1.60. The molecule has 0 radical (unpaired) electrons. The van der Waals surface area contributed by atoms with Gasteiger partial charge in [-0.3, -0.25) is 14.2 Å². The third kappa shape index (κ3) is 3.81. The number of hydrogen-bond acceptors (Lipinski definition) is 4. The van der Waals surface area contributed by atoms with Crippen LogP contribution in [-0.2, 0) is 11.2 Å². The second kappa shape index (κ2) is 8.34. The fourth-order valence-corrected chi connectivity index (χ4v) is 5.38. The average Bonchev–Trinajstić information content (AvgIpc) is 3.02. The highest BCUT2D eigenvalue weighted by Crippen LogP contribution is 2.30. The molecule has 1 aliphatic heterocycles. The molecule has 158 valence electrons. The molecular weight excluding hydrogens is 394 g/mol. The topological polar surface area (TPSA) is 55.2 Å². The lowest BCUT2D eigenvalue weighted by Gasteiger charge is -2.34. The molecule has 1 aromatic carbocycles. The molecule has 3 heterocycles. The summed E-state index contributed by atoms with van der Waals surface area (Å²) in [5.41, 5.74) is 2.26. The third-order valence-corrected chi connectivity index (χ3v) is 7.25. The number of piperidine rings is 1. The molecule has 2 aromatic heterocycles. The number of likely N-dealkylation sites (tertiary alicyclic amines) is 1. The van der Waals surface area contributed by atoms with Gasteiger partial charge in [0.2, 0.25) is 5.91 Å². The van der Waals surface area contributed by atoms with Gasteiger partial charge in [0.05, 0.1) is 5.39 Å². The van der Waals surface area contributed by atoms with Crippen LogP contribution in [0.1, 0.15) is 54.6 Å². The molecule has 3 aromatic rings. The lowest BCUT2D eigenvalue weighted by molar-refractivity contribution is -0.135. The summed E-state index contributed by atoms with van der Waals surface area (Å²) in [5.74, 6) is 1.03. The van der Waals surface area contributed by atoms with Crippen molar-refractivity contribution in [2.75, 3.05) is 13.1 Å². The molecule has 0 bridgehead atoms. The minimum atomic E-state index is 0.00682. The first-order valence-electron chi connectivity index (χ1n) is 10.7. The molecule has 0 saturated carbocycles. The molecule has 1 amide bonds. The Morgan fingerprint density at radius 1 is 1.17 bits per heavy atom. The van der Waals surface area contributed by atoms with Gasteiger partial charge in [0.1, 0.15) is 10.7 Å². The Balaban J connectivity index is 1.74. The summed E-state index contributed by atoms with van der Waals surface area (Å²) in [4.78, 5) is 34.9. The van der Waals surface area contributed by atoms with Gasteiger partial charge < -0.3 is 4.90 Å². The van der Waals surface area contributed by atoms with Crippen LogP contribution in [0.3, 0.4) is 0 Å². The van der Waals surface area contributed by atoms with E-state index in [1.807, 2.05) is 48.4 Å². The molecular formula is C24H29N3O2S. The van der Waals surface area contributed by atoms with Crippen LogP contribution in [0, 0.1) is 19.8 Å². The smallest absolute Gasteiger partial charge is 0.262 e. The number of amides is 1. The van der Waals surface area contributed by atoms with Crippen LogP contribution in [0.25, 0.3) is 10.2 Å². The van der Waals surface area contributed by atoms with E-state index in [2.05, 4.69) is 19.1 Å². The number of hydrogen-bond donors (Lipinski definition) is 0.